The zero-order chi connectivity index (χ0) is 15.4. The molecule has 3 aromatic rings. The van der Waals surface area contributed by atoms with E-state index in [9.17, 15) is 4.79 Å². The lowest BCUT2D eigenvalue weighted by atomic mass is 10.1. The summed E-state index contributed by atoms with van der Waals surface area (Å²) in [5.41, 5.74) is 3.79. The quantitative estimate of drug-likeness (QED) is 0.799. The average molecular weight is 289 g/mol. The van der Waals surface area contributed by atoms with Gasteiger partial charge in [-0.2, -0.15) is 0 Å². The van der Waals surface area contributed by atoms with Gasteiger partial charge >= 0.3 is 0 Å². The highest BCUT2D eigenvalue weighted by Gasteiger charge is 2.10. The summed E-state index contributed by atoms with van der Waals surface area (Å²) < 4.78 is 0. The molecule has 0 atom stereocenters. The molecule has 4 nitrogen and oxygen atoms in total. The van der Waals surface area contributed by atoms with E-state index in [2.05, 4.69) is 15.5 Å². The third-order valence-corrected chi connectivity index (χ3v) is 3.36. The van der Waals surface area contributed by atoms with Crippen molar-refractivity contribution in [2.75, 3.05) is 5.32 Å². The maximum atomic E-state index is 12.2. The van der Waals surface area contributed by atoms with E-state index < -0.39 is 0 Å². The maximum Gasteiger partial charge on any atom is 0.276 e. The number of para-hydroxylation sites is 1. The van der Waals surface area contributed by atoms with Crippen molar-refractivity contribution in [1.29, 1.82) is 0 Å². The summed E-state index contributed by atoms with van der Waals surface area (Å²) in [6.45, 7) is 1.94. The SMILES string of the molecule is Cc1ccccc1NC(=O)c1ccc(-c2ccccc2)nn1. The fourth-order valence-corrected chi connectivity index (χ4v) is 2.12. The summed E-state index contributed by atoms with van der Waals surface area (Å²) in [5, 5.41) is 11.0. The third kappa shape index (κ3) is 3.01. The highest BCUT2D eigenvalue weighted by atomic mass is 16.1. The van der Waals surface area contributed by atoms with Crippen LogP contribution in [0, 0.1) is 6.92 Å². The predicted molar refractivity (Wildman–Crippen MR) is 86.6 cm³/mol. The number of aryl methyl sites for hydroxylation is 1. The van der Waals surface area contributed by atoms with E-state index in [1.165, 1.54) is 0 Å². The van der Waals surface area contributed by atoms with Gasteiger partial charge in [0, 0.05) is 11.3 Å². The molecule has 1 heterocycles. The number of benzene rings is 2. The van der Waals surface area contributed by atoms with Gasteiger partial charge < -0.3 is 5.32 Å². The molecule has 0 saturated carbocycles. The van der Waals surface area contributed by atoms with Crippen LogP contribution in [0.15, 0.2) is 66.7 Å². The van der Waals surface area contributed by atoms with Crippen LogP contribution in [0.2, 0.25) is 0 Å². The minimum atomic E-state index is -0.263. The second kappa shape index (κ2) is 6.18. The van der Waals surface area contributed by atoms with Crippen LogP contribution in [0.1, 0.15) is 16.1 Å². The summed E-state index contributed by atoms with van der Waals surface area (Å²) in [4.78, 5) is 12.2. The lowest BCUT2D eigenvalue weighted by molar-refractivity contribution is 0.102. The Hall–Kier alpha value is -3.01. The molecule has 0 aliphatic rings. The summed E-state index contributed by atoms with van der Waals surface area (Å²) in [6, 6.07) is 20.8. The lowest BCUT2D eigenvalue weighted by Gasteiger charge is -2.07. The number of aromatic nitrogens is 2. The van der Waals surface area contributed by atoms with Crippen LogP contribution in [0.25, 0.3) is 11.3 Å². The molecule has 0 unspecified atom stereocenters. The van der Waals surface area contributed by atoms with E-state index in [1.54, 1.807) is 12.1 Å². The number of nitrogens with one attached hydrogen (secondary N) is 1. The molecule has 0 bridgehead atoms. The van der Waals surface area contributed by atoms with Crippen LogP contribution in [0.5, 0.6) is 0 Å². The van der Waals surface area contributed by atoms with Crippen molar-refractivity contribution < 1.29 is 4.79 Å². The summed E-state index contributed by atoms with van der Waals surface area (Å²) in [5.74, 6) is -0.263. The molecule has 0 aliphatic heterocycles. The number of amides is 1. The Bertz CT molecular complexity index is 783. The van der Waals surface area contributed by atoms with E-state index in [4.69, 9.17) is 0 Å². The first-order valence-corrected chi connectivity index (χ1v) is 7.00. The molecule has 0 fully saturated rings. The third-order valence-electron chi connectivity index (χ3n) is 3.36. The Labute approximate surface area is 128 Å². The van der Waals surface area contributed by atoms with Crippen LogP contribution < -0.4 is 5.32 Å². The van der Waals surface area contributed by atoms with E-state index in [1.807, 2.05) is 61.5 Å². The molecule has 2 aromatic carbocycles. The molecule has 4 heteroatoms. The normalized spacial score (nSPS) is 10.2. The first kappa shape index (κ1) is 13.9. The van der Waals surface area contributed by atoms with E-state index in [0.29, 0.717) is 5.69 Å². The van der Waals surface area contributed by atoms with Gasteiger partial charge in [-0.15, -0.1) is 10.2 Å². The van der Waals surface area contributed by atoms with Crippen LogP contribution >= 0.6 is 0 Å². The van der Waals surface area contributed by atoms with E-state index in [-0.39, 0.29) is 5.91 Å². The highest BCUT2D eigenvalue weighted by molar-refractivity contribution is 6.03. The number of anilines is 1. The van der Waals surface area contributed by atoms with Crippen LogP contribution in [0.4, 0.5) is 5.69 Å². The van der Waals surface area contributed by atoms with Crippen molar-refractivity contribution in [3.8, 4) is 11.3 Å². The molecular weight excluding hydrogens is 274 g/mol. The van der Waals surface area contributed by atoms with Crippen molar-refractivity contribution in [2.45, 2.75) is 6.92 Å². The number of hydrogen-bond acceptors (Lipinski definition) is 3. The van der Waals surface area contributed by atoms with Crippen molar-refractivity contribution in [3.63, 3.8) is 0 Å². The number of carbonyl (C=O) groups is 1. The second-order valence-corrected chi connectivity index (χ2v) is 4.94. The van der Waals surface area contributed by atoms with Gasteiger partial charge in [-0.05, 0) is 30.7 Å². The van der Waals surface area contributed by atoms with Gasteiger partial charge in [0.1, 0.15) is 0 Å². The molecular formula is C18H15N3O. The molecule has 1 N–H and O–H groups in total. The largest absolute Gasteiger partial charge is 0.320 e. The summed E-state index contributed by atoms with van der Waals surface area (Å²) in [6.07, 6.45) is 0. The molecule has 0 spiro atoms. The van der Waals surface area contributed by atoms with E-state index >= 15 is 0 Å². The Morgan fingerprint density at radius 3 is 2.27 bits per heavy atom. The Morgan fingerprint density at radius 1 is 0.864 bits per heavy atom. The second-order valence-electron chi connectivity index (χ2n) is 4.94. The predicted octanol–water partition coefficient (Wildman–Crippen LogP) is 3.70. The average Bonchev–Trinajstić information content (AvgIpc) is 2.58. The van der Waals surface area contributed by atoms with Crippen molar-refractivity contribution in [2.24, 2.45) is 0 Å². The van der Waals surface area contributed by atoms with Gasteiger partial charge in [-0.1, -0.05) is 48.5 Å². The van der Waals surface area contributed by atoms with Gasteiger partial charge in [0.2, 0.25) is 0 Å². The molecule has 22 heavy (non-hydrogen) atoms. The van der Waals surface area contributed by atoms with Crippen LogP contribution in [-0.4, -0.2) is 16.1 Å². The van der Waals surface area contributed by atoms with Gasteiger partial charge in [-0.25, -0.2) is 0 Å². The van der Waals surface area contributed by atoms with Crippen LogP contribution in [0.3, 0.4) is 0 Å². The van der Waals surface area contributed by atoms with Gasteiger partial charge in [0.15, 0.2) is 5.69 Å². The molecule has 1 aromatic heterocycles. The first-order chi connectivity index (χ1) is 10.7. The molecule has 3 rings (SSSR count). The topological polar surface area (TPSA) is 54.9 Å². The number of carbonyl (C=O) groups excluding carboxylic acids is 1. The van der Waals surface area contributed by atoms with E-state index in [0.717, 1.165) is 22.5 Å². The Balaban J connectivity index is 1.78. The summed E-state index contributed by atoms with van der Waals surface area (Å²) >= 11 is 0. The monoisotopic (exact) mass is 289 g/mol. The van der Waals surface area contributed by atoms with Crippen LogP contribution in [-0.2, 0) is 0 Å². The Morgan fingerprint density at radius 2 is 1.59 bits per heavy atom. The van der Waals surface area contributed by atoms with Gasteiger partial charge in [0.25, 0.3) is 5.91 Å². The molecule has 0 aliphatic carbocycles. The molecule has 0 radical (unpaired) electrons. The fraction of sp³-hybridized carbons (Fsp3) is 0.0556. The van der Waals surface area contributed by atoms with Gasteiger partial charge in [-0.3, -0.25) is 4.79 Å². The first-order valence-electron chi connectivity index (χ1n) is 7.00. The zero-order valence-corrected chi connectivity index (χ0v) is 12.2. The molecule has 1 amide bonds. The molecule has 0 saturated heterocycles. The summed E-state index contributed by atoms with van der Waals surface area (Å²) in [7, 11) is 0. The smallest absolute Gasteiger partial charge is 0.276 e. The minimum Gasteiger partial charge on any atom is -0.320 e. The molecule has 108 valence electrons. The van der Waals surface area contributed by atoms with Crippen molar-refractivity contribution in [3.05, 3.63) is 78.0 Å². The van der Waals surface area contributed by atoms with Crippen molar-refractivity contribution in [1.82, 2.24) is 10.2 Å². The minimum absolute atomic E-state index is 0.263. The standard InChI is InChI=1S/C18H15N3O/c1-13-7-5-6-10-15(13)19-18(22)17-12-11-16(20-21-17)14-8-3-2-4-9-14/h2-12H,1H3,(H,19,22). The zero-order valence-electron chi connectivity index (χ0n) is 12.2. The maximum absolute atomic E-state index is 12.2. The lowest BCUT2D eigenvalue weighted by Crippen LogP contribution is -2.15. The number of nitrogens with zero attached hydrogens (tertiary/aromatic N) is 2. The highest BCUT2D eigenvalue weighted by Crippen LogP contribution is 2.17. The number of rotatable bonds is 3. The van der Waals surface area contributed by atoms with Gasteiger partial charge in [0.05, 0.1) is 5.69 Å². The number of hydrogen-bond donors (Lipinski definition) is 1. The van der Waals surface area contributed by atoms with Crippen molar-refractivity contribution >= 4 is 11.6 Å². The fourth-order valence-electron chi connectivity index (χ4n) is 2.12. The Kier molecular flexibility index (Phi) is 3.92.